The van der Waals surface area contributed by atoms with Gasteiger partial charge in [0.15, 0.2) is 0 Å². The lowest BCUT2D eigenvalue weighted by molar-refractivity contribution is -0.139. The van der Waals surface area contributed by atoms with E-state index < -0.39 is 18.2 Å². The van der Waals surface area contributed by atoms with Crippen molar-refractivity contribution < 1.29 is 19.1 Å². The Hall–Kier alpha value is -1.46. The maximum Gasteiger partial charge on any atom is 0.344 e. The Morgan fingerprint density at radius 1 is 1.70 bits per heavy atom. The van der Waals surface area contributed by atoms with Crippen LogP contribution in [0.1, 0.15) is 0 Å². The van der Waals surface area contributed by atoms with Gasteiger partial charge in [0.1, 0.15) is 0 Å². The summed E-state index contributed by atoms with van der Waals surface area (Å²) in [5.41, 5.74) is 4.44. The standard InChI is InChI=1S/C4H5FN2O3/c5-2(3(8)9)1-7-4(6)10/h1-2H,(H2,6,10)(H,8,9). The normalized spacial score (nSPS) is 13.3. The summed E-state index contributed by atoms with van der Waals surface area (Å²) in [6.07, 6.45) is -1.95. The lowest BCUT2D eigenvalue weighted by Gasteiger charge is -1.89. The zero-order valence-electron chi connectivity index (χ0n) is 4.82. The van der Waals surface area contributed by atoms with E-state index in [9.17, 15) is 14.0 Å². The SMILES string of the molecule is NC(=O)N=CC(F)C(=O)O. The van der Waals surface area contributed by atoms with Crippen molar-refractivity contribution in [1.82, 2.24) is 0 Å². The molecule has 0 saturated carbocycles. The van der Waals surface area contributed by atoms with Gasteiger partial charge in [0.25, 0.3) is 0 Å². The second-order valence-electron chi connectivity index (χ2n) is 1.36. The summed E-state index contributed by atoms with van der Waals surface area (Å²) in [5, 5.41) is 7.88. The van der Waals surface area contributed by atoms with Crippen LogP contribution in [-0.4, -0.2) is 29.5 Å². The molecular weight excluding hydrogens is 143 g/mol. The third-order valence-electron chi connectivity index (χ3n) is 0.569. The smallest absolute Gasteiger partial charge is 0.344 e. The highest BCUT2D eigenvalue weighted by atomic mass is 19.1. The predicted octanol–water partition coefficient (Wildman–Crippen LogP) is -0.441. The molecule has 3 N–H and O–H groups in total. The van der Waals surface area contributed by atoms with Crippen molar-refractivity contribution in [3.05, 3.63) is 0 Å². The minimum absolute atomic E-state index is 0.324. The number of rotatable bonds is 2. The van der Waals surface area contributed by atoms with Gasteiger partial charge in [0, 0.05) is 0 Å². The zero-order valence-corrected chi connectivity index (χ0v) is 4.82. The molecule has 10 heavy (non-hydrogen) atoms. The van der Waals surface area contributed by atoms with Crippen LogP contribution in [0.15, 0.2) is 4.99 Å². The van der Waals surface area contributed by atoms with Crippen LogP contribution in [0.4, 0.5) is 9.18 Å². The average Bonchev–Trinajstić information content (AvgIpc) is 1.82. The van der Waals surface area contributed by atoms with E-state index in [2.05, 4.69) is 10.7 Å². The maximum atomic E-state index is 11.9. The van der Waals surface area contributed by atoms with Crippen LogP contribution in [-0.2, 0) is 4.79 Å². The molecule has 6 heteroatoms. The molecule has 0 rings (SSSR count). The molecule has 0 saturated heterocycles. The quantitative estimate of drug-likeness (QED) is 0.520. The molecule has 0 spiro atoms. The number of carboxylic acids is 1. The van der Waals surface area contributed by atoms with Crippen molar-refractivity contribution >= 4 is 18.2 Å². The Kier molecular flexibility index (Phi) is 3.03. The number of aliphatic imine (C=N–C) groups is 1. The van der Waals surface area contributed by atoms with E-state index in [1.54, 1.807) is 0 Å². The summed E-state index contributed by atoms with van der Waals surface area (Å²) in [6.45, 7) is 0. The van der Waals surface area contributed by atoms with Gasteiger partial charge >= 0.3 is 12.0 Å². The Morgan fingerprint density at radius 3 is 2.50 bits per heavy atom. The second kappa shape index (κ2) is 3.54. The van der Waals surface area contributed by atoms with Crippen LogP contribution < -0.4 is 5.73 Å². The van der Waals surface area contributed by atoms with Gasteiger partial charge in [0.2, 0.25) is 6.17 Å². The monoisotopic (exact) mass is 148 g/mol. The molecule has 1 unspecified atom stereocenters. The van der Waals surface area contributed by atoms with Crippen LogP contribution in [0, 0.1) is 0 Å². The number of halogens is 1. The average molecular weight is 148 g/mol. The molecule has 0 heterocycles. The highest BCUT2D eigenvalue weighted by Gasteiger charge is 2.11. The summed E-state index contributed by atoms with van der Waals surface area (Å²) in [6, 6.07) is -1.12. The van der Waals surface area contributed by atoms with E-state index >= 15 is 0 Å². The first kappa shape index (κ1) is 8.54. The number of hydrogen-bond acceptors (Lipinski definition) is 2. The molecule has 0 aliphatic carbocycles. The number of carbonyl (C=O) groups excluding carboxylic acids is 1. The number of carbonyl (C=O) groups is 2. The third-order valence-corrected chi connectivity index (χ3v) is 0.569. The molecule has 0 fully saturated rings. The molecule has 0 aromatic rings. The van der Waals surface area contributed by atoms with Crippen molar-refractivity contribution in [1.29, 1.82) is 0 Å². The number of aliphatic carboxylic acids is 1. The number of carboxylic acid groups (broad SMARTS) is 1. The van der Waals surface area contributed by atoms with Crippen LogP contribution in [0.25, 0.3) is 0 Å². The lowest BCUT2D eigenvalue weighted by atomic mass is 10.4. The molecule has 5 nitrogen and oxygen atoms in total. The summed E-state index contributed by atoms with van der Waals surface area (Å²) in [7, 11) is 0. The van der Waals surface area contributed by atoms with Gasteiger partial charge in [-0.25, -0.2) is 19.0 Å². The Morgan fingerprint density at radius 2 is 2.20 bits per heavy atom. The van der Waals surface area contributed by atoms with Gasteiger partial charge in [0.05, 0.1) is 6.21 Å². The molecule has 0 bridgehead atoms. The summed E-state index contributed by atoms with van der Waals surface area (Å²) >= 11 is 0. The van der Waals surface area contributed by atoms with E-state index in [0.717, 1.165) is 0 Å². The first-order valence-electron chi connectivity index (χ1n) is 2.24. The second-order valence-corrected chi connectivity index (χ2v) is 1.36. The van der Waals surface area contributed by atoms with Crippen LogP contribution in [0.3, 0.4) is 0 Å². The van der Waals surface area contributed by atoms with Gasteiger partial charge in [-0.15, -0.1) is 0 Å². The molecular formula is C4H5FN2O3. The van der Waals surface area contributed by atoms with Gasteiger partial charge in [-0.05, 0) is 0 Å². The van der Waals surface area contributed by atoms with Crippen LogP contribution in [0.5, 0.6) is 0 Å². The first-order chi connectivity index (χ1) is 4.54. The van der Waals surface area contributed by atoms with Crippen LogP contribution >= 0.6 is 0 Å². The van der Waals surface area contributed by atoms with Crippen molar-refractivity contribution in [2.24, 2.45) is 10.7 Å². The number of urea groups is 1. The van der Waals surface area contributed by atoms with E-state index in [0.29, 0.717) is 6.21 Å². The first-order valence-corrected chi connectivity index (χ1v) is 2.24. The lowest BCUT2D eigenvalue weighted by Crippen LogP contribution is -2.17. The van der Waals surface area contributed by atoms with Crippen molar-refractivity contribution in [3.63, 3.8) is 0 Å². The number of nitrogens with two attached hydrogens (primary N) is 1. The molecule has 0 aliphatic rings. The molecule has 56 valence electrons. The zero-order chi connectivity index (χ0) is 8.15. The largest absolute Gasteiger partial charge is 0.479 e. The molecule has 0 aliphatic heterocycles. The molecule has 0 aromatic carbocycles. The van der Waals surface area contributed by atoms with Crippen molar-refractivity contribution in [2.75, 3.05) is 0 Å². The third kappa shape index (κ3) is 3.53. The van der Waals surface area contributed by atoms with Gasteiger partial charge in [-0.3, -0.25) is 0 Å². The fourth-order valence-electron chi connectivity index (χ4n) is 0.203. The Labute approximate surface area is 55.4 Å². The minimum Gasteiger partial charge on any atom is -0.479 e. The summed E-state index contributed by atoms with van der Waals surface area (Å²) < 4.78 is 11.9. The summed E-state index contributed by atoms with van der Waals surface area (Å²) in [4.78, 5) is 22.2. The number of amides is 2. The number of alkyl halides is 1. The molecule has 0 aromatic heterocycles. The van der Waals surface area contributed by atoms with Crippen molar-refractivity contribution in [3.8, 4) is 0 Å². The predicted molar refractivity (Wildman–Crippen MR) is 30.6 cm³/mol. The minimum atomic E-state index is -2.27. The fraction of sp³-hybridized carbons (Fsp3) is 0.250. The maximum absolute atomic E-state index is 11.9. The van der Waals surface area contributed by atoms with E-state index in [1.165, 1.54) is 0 Å². The highest BCUT2D eigenvalue weighted by molar-refractivity contribution is 5.95. The van der Waals surface area contributed by atoms with Crippen LogP contribution in [0.2, 0.25) is 0 Å². The number of hydrogen-bond donors (Lipinski definition) is 2. The highest BCUT2D eigenvalue weighted by Crippen LogP contribution is 1.85. The molecule has 1 atom stereocenters. The van der Waals surface area contributed by atoms with E-state index in [-0.39, 0.29) is 0 Å². The molecule has 0 radical (unpaired) electrons. The van der Waals surface area contributed by atoms with E-state index in [4.69, 9.17) is 5.11 Å². The van der Waals surface area contributed by atoms with Gasteiger partial charge < -0.3 is 10.8 Å². The topological polar surface area (TPSA) is 92.8 Å². The number of primary amides is 1. The summed E-state index contributed by atoms with van der Waals surface area (Å²) in [5.74, 6) is -1.70. The Bertz CT molecular complexity index is 179. The fourth-order valence-corrected chi connectivity index (χ4v) is 0.203. The van der Waals surface area contributed by atoms with Gasteiger partial charge in [-0.2, -0.15) is 0 Å². The van der Waals surface area contributed by atoms with E-state index in [1.807, 2.05) is 0 Å². The number of nitrogens with zero attached hydrogens (tertiary/aromatic N) is 1. The molecule has 2 amide bonds. The Balaban J connectivity index is 3.89. The van der Waals surface area contributed by atoms with Crippen molar-refractivity contribution in [2.45, 2.75) is 6.17 Å². The van der Waals surface area contributed by atoms with Gasteiger partial charge in [-0.1, -0.05) is 0 Å².